The molecule has 5 heteroatoms. The van der Waals surface area contributed by atoms with Crippen molar-refractivity contribution in [2.24, 2.45) is 11.7 Å². The number of carbonyl (C=O) groups excluding carboxylic acids is 1. The van der Waals surface area contributed by atoms with Crippen molar-refractivity contribution in [3.63, 3.8) is 0 Å². The van der Waals surface area contributed by atoms with E-state index in [4.69, 9.17) is 10.5 Å². The number of amides is 1. The number of halogens is 1. The predicted molar refractivity (Wildman–Crippen MR) is 65.6 cm³/mol. The predicted octanol–water partition coefficient (Wildman–Crippen LogP) is 1.06. The summed E-state index contributed by atoms with van der Waals surface area (Å²) in [6.45, 7) is 0.402. The van der Waals surface area contributed by atoms with Gasteiger partial charge in [-0.05, 0) is 43.0 Å². The van der Waals surface area contributed by atoms with Gasteiger partial charge in [-0.25, -0.2) is 4.39 Å². The van der Waals surface area contributed by atoms with Crippen molar-refractivity contribution in [2.45, 2.75) is 18.9 Å². The van der Waals surface area contributed by atoms with Crippen molar-refractivity contribution >= 4 is 5.91 Å². The molecule has 2 rings (SSSR count). The number of carbonyl (C=O) groups is 1. The molecule has 98 valence electrons. The topological polar surface area (TPSA) is 64.3 Å². The fraction of sp³-hybridized carbons (Fsp3) is 0.462. The standard InChI is InChI=1S/C13H17FN2O2/c14-10-3-5-11(6-4-10)18-8-13(17)16-7-12(15)9-1-2-9/h3-6,9,12H,1-2,7-8,15H2,(H,16,17). The third-order valence-electron chi connectivity index (χ3n) is 2.95. The summed E-state index contributed by atoms with van der Waals surface area (Å²) in [5, 5.41) is 2.72. The Morgan fingerprint density at radius 3 is 2.72 bits per heavy atom. The van der Waals surface area contributed by atoms with E-state index in [0.29, 0.717) is 18.2 Å². The molecule has 0 bridgehead atoms. The van der Waals surface area contributed by atoms with Crippen molar-refractivity contribution in [1.29, 1.82) is 0 Å². The van der Waals surface area contributed by atoms with Crippen LogP contribution in [0.1, 0.15) is 12.8 Å². The van der Waals surface area contributed by atoms with E-state index in [0.717, 1.165) is 12.8 Å². The molecule has 1 aliphatic carbocycles. The van der Waals surface area contributed by atoms with Gasteiger partial charge in [0.2, 0.25) is 0 Å². The highest BCUT2D eigenvalue weighted by Gasteiger charge is 2.28. The lowest BCUT2D eigenvalue weighted by atomic mass is 10.2. The quantitative estimate of drug-likeness (QED) is 0.795. The first-order valence-corrected chi connectivity index (χ1v) is 6.06. The Kier molecular flexibility index (Phi) is 4.15. The van der Waals surface area contributed by atoms with Gasteiger partial charge in [0.25, 0.3) is 5.91 Å². The van der Waals surface area contributed by atoms with Crippen LogP contribution in [0.3, 0.4) is 0 Å². The van der Waals surface area contributed by atoms with E-state index in [2.05, 4.69) is 5.32 Å². The fourth-order valence-electron chi connectivity index (χ4n) is 1.65. The molecule has 0 saturated heterocycles. The average molecular weight is 252 g/mol. The van der Waals surface area contributed by atoms with Gasteiger partial charge in [-0.2, -0.15) is 0 Å². The molecule has 0 aliphatic heterocycles. The highest BCUT2D eigenvalue weighted by molar-refractivity contribution is 5.77. The number of ether oxygens (including phenoxy) is 1. The molecule has 1 aromatic carbocycles. The zero-order valence-electron chi connectivity index (χ0n) is 10.1. The maximum Gasteiger partial charge on any atom is 0.257 e. The number of nitrogens with two attached hydrogens (primary N) is 1. The van der Waals surface area contributed by atoms with Gasteiger partial charge in [0, 0.05) is 12.6 Å². The minimum Gasteiger partial charge on any atom is -0.484 e. The van der Waals surface area contributed by atoms with Crippen LogP contribution in [0.15, 0.2) is 24.3 Å². The Morgan fingerprint density at radius 2 is 2.11 bits per heavy atom. The Labute approximate surface area is 105 Å². The molecule has 0 aromatic heterocycles. The Hall–Kier alpha value is -1.62. The monoisotopic (exact) mass is 252 g/mol. The summed E-state index contributed by atoms with van der Waals surface area (Å²) in [6.07, 6.45) is 2.31. The second-order valence-corrected chi connectivity index (χ2v) is 4.55. The van der Waals surface area contributed by atoms with Gasteiger partial charge in [0.05, 0.1) is 0 Å². The van der Waals surface area contributed by atoms with Crippen molar-refractivity contribution < 1.29 is 13.9 Å². The van der Waals surface area contributed by atoms with E-state index < -0.39 is 0 Å². The second kappa shape index (κ2) is 5.82. The molecule has 3 N–H and O–H groups in total. The summed E-state index contributed by atoms with van der Waals surface area (Å²) in [5.41, 5.74) is 5.85. The summed E-state index contributed by atoms with van der Waals surface area (Å²) in [5.74, 6) is 0.485. The summed E-state index contributed by atoms with van der Waals surface area (Å²) < 4.78 is 17.8. The average Bonchev–Trinajstić information content (AvgIpc) is 3.19. The highest BCUT2D eigenvalue weighted by atomic mass is 19.1. The van der Waals surface area contributed by atoms with E-state index in [1.807, 2.05) is 0 Å². The molecule has 0 spiro atoms. The number of benzene rings is 1. The van der Waals surface area contributed by atoms with Crippen LogP contribution >= 0.6 is 0 Å². The van der Waals surface area contributed by atoms with Gasteiger partial charge >= 0.3 is 0 Å². The fourth-order valence-corrected chi connectivity index (χ4v) is 1.65. The third kappa shape index (κ3) is 4.00. The van der Waals surface area contributed by atoms with Gasteiger partial charge < -0.3 is 15.8 Å². The summed E-state index contributed by atoms with van der Waals surface area (Å²) in [7, 11) is 0. The lowest BCUT2D eigenvalue weighted by Gasteiger charge is -2.12. The molecular formula is C13H17FN2O2. The maximum absolute atomic E-state index is 12.6. The van der Waals surface area contributed by atoms with Gasteiger partial charge in [-0.15, -0.1) is 0 Å². The van der Waals surface area contributed by atoms with Crippen LogP contribution in [0.4, 0.5) is 4.39 Å². The lowest BCUT2D eigenvalue weighted by Crippen LogP contribution is -2.40. The van der Waals surface area contributed by atoms with Crippen LogP contribution in [0.2, 0.25) is 0 Å². The van der Waals surface area contributed by atoms with Crippen LogP contribution in [0.25, 0.3) is 0 Å². The number of rotatable bonds is 6. The molecule has 1 amide bonds. The van der Waals surface area contributed by atoms with Gasteiger partial charge in [-0.3, -0.25) is 4.79 Å². The molecule has 1 aliphatic rings. The molecule has 0 radical (unpaired) electrons. The molecule has 1 unspecified atom stereocenters. The molecule has 1 fully saturated rings. The highest BCUT2D eigenvalue weighted by Crippen LogP contribution is 2.31. The van der Waals surface area contributed by atoms with Gasteiger partial charge in [0.1, 0.15) is 11.6 Å². The summed E-state index contributed by atoms with van der Waals surface area (Å²) in [6, 6.07) is 5.59. The van der Waals surface area contributed by atoms with Crippen molar-refractivity contribution in [2.75, 3.05) is 13.2 Å². The molecular weight excluding hydrogens is 235 g/mol. The minimum absolute atomic E-state index is 0.0415. The minimum atomic E-state index is -0.331. The number of hydrogen-bond donors (Lipinski definition) is 2. The first-order valence-electron chi connectivity index (χ1n) is 6.06. The molecule has 1 aromatic rings. The number of hydrogen-bond acceptors (Lipinski definition) is 3. The normalized spacial score (nSPS) is 16.1. The van der Waals surface area contributed by atoms with Gasteiger partial charge in [0.15, 0.2) is 6.61 Å². The van der Waals surface area contributed by atoms with Crippen LogP contribution < -0.4 is 15.8 Å². The van der Waals surface area contributed by atoms with E-state index in [9.17, 15) is 9.18 Å². The van der Waals surface area contributed by atoms with E-state index >= 15 is 0 Å². The summed E-state index contributed by atoms with van der Waals surface area (Å²) >= 11 is 0. The molecule has 1 saturated carbocycles. The van der Waals surface area contributed by atoms with E-state index in [1.165, 1.54) is 24.3 Å². The Bertz CT molecular complexity index is 404. The van der Waals surface area contributed by atoms with Crippen LogP contribution in [0.5, 0.6) is 5.75 Å². The Morgan fingerprint density at radius 1 is 1.44 bits per heavy atom. The molecule has 0 heterocycles. The Balaban J connectivity index is 1.66. The first kappa shape index (κ1) is 12.8. The second-order valence-electron chi connectivity index (χ2n) is 4.55. The van der Waals surface area contributed by atoms with Crippen LogP contribution in [-0.2, 0) is 4.79 Å². The van der Waals surface area contributed by atoms with E-state index in [1.54, 1.807) is 0 Å². The third-order valence-corrected chi connectivity index (χ3v) is 2.95. The van der Waals surface area contributed by atoms with Crippen LogP contribution in [-0.4, -0.2) is 25.1 Å². The van der Waals surface area contributed by atoms with Gasteiger partial charge in [-0.1, -0.05) is 0 Å². The molecule has 4 nitrogen and oxygen atoms in total. The smallest absolute Gasteiger partial charge is 0.257 e. The van der Waals surface area contributed by atoms with E-state index in [-0.39, 0.29) is 24.4 Å². The van der Waals surface area contributed by atoms with Crippen molar-refractivity contribution in [1.82, 2.24) is 5.32 Å². The van der Waals surface area contributed by atoms with Crippen LogP contribution in [0, 0.1) is 11.7 Å². The molecule has 1 atom stereocenters. The summed E-state index contributed by atoms with van der Waals surface area (Å²) in [4.78, 5) is 11.5. The largest absolute Gasteiger partial charge is 0.484 e. The zero-order valence-corrected chi connectivity index (χ0v) is 10.1. The molecule has 18 heavy (non-hydrogen) atoms. The van der Waals surface area contributed by atoms with Crippen molar-refractivity contribution in [3.8, 4) is 5.75 Å². The van der Waals surface area contributed by atoms with Crippen molar-refractivity contribution in [3.05, 3.63) is 30.1 Å². The maximum atomic E-state index is 12.6. The number of nitrogens with one attached hydrogen (secondary N) is 1. The lowest BCUT2D eigenvalue weighted by molar-refractivity contribution is -0.123. The SMILES string of the molecule is NC(CNC(=O)COc1ccc(F)cc1)C1CC1. The zero-order chi connectivity index (χ0) is 13.0. The first-order chi connectivity index (χ1) is 8.65.